The molecule has 4 aromatic rings. The van der Waals surface area contributed by atoms with Gasteiger partial charge < -0.3 is 0 Å². The van der Waals surface area contributed by atoms with Crippen LogP contribution in [-0.4, -0.2) is 4.98 Å². The first-order chi connectivity index (χ1) is 10.4. The van der Waals surface area contributed by atoms with E-state index in [1.165, 1.54) is 15.6 Å². The van der Waals surface area contributed by atoms with Crippen molar-refractivity contribution in [1.29, 1.82) is 0 Å². The molecule has 2 aromatic heterocycles. The summed E-state index contributed by atoms with van der Waals surface area (Å²) in [4.78, 5) is 6.13. The van der Waals surface area contributed by atoms with Gasteiger partial charge in [-0.3, -0.25) is 0 Å². The Morgan fingerprint density at radius 2 is 1.57 bits per heavy atom. The minimum absolute atomic E-state index is 1.04. The van der Waals surface area contributed by atoms with E-state index >= 15 is 0 Å². The van der Waals surface area contributed by atoms with Crippen LogP contribution in [0.2, 0.25) is 0 Å². The molecule has 0 amide bonds. The lowest BCUT2D eigenvalue weighted by Gasteiger charge is -2.09. The molecule has 21 heavy (non-hydrogen) atoms. The standard InChI is InChI=1S/C19H13NS/c1-2-7-14(8-3-1)19-16-10-5-4-9-15(16)13-17(20-19)18-11-6-12-21-18/h1-13H. The zero-order valence-electron chi connectivity index (χ0n) is 11.4. The van der Waals surface area contributed by atoms with E-state index in [2.05, 4.69) is 72.1 Å². The monoisotopic (exact) mass is 287 g/mol. The smallest absolute Gasteiger partial charge is 0.0815 e. The van der Waals surface area contributed by atoms with Gasteiger partial charge in [0.05, 0.1) is 16.3 Å². The van der Waals surface area contributed by atoms with Crippen molar-refractivity contribution in [3.8, 4) is 21.8 Å². The van der Waals surface area contributed by atoms with Gasteiger partial charge in [-0.25, -0.2) is 4.98 Å². The van der Waals surface area contributed by atoms with E-state index in [1.807, 2.05) is 6.07 Å². The van der Waals surface area contributed by atoms with Crippen molar-refractivity contribution in [3.05, 3.63) is 78.2 Å². The number of rotatable bonds is 2. The number of aromatic nitrogens is 1. The molecule has 2 heteroatoms. The summed E-state index contributed by atoms with van der Waals surface area (Å²) in [6.45, 7) is 0. The van der Waals surface area contributed by atoms with Crippen LogP contribution >= 0.6 is 11.3 Å². The van der Waals surface area contributed by atoms with Crippen molar-refractivity contribution in [2.24, 2.45) is 0 Å². The van der Waals surface area contributed by atoms with Crippen LogP contribution in [0.15, 0.2) is 78.2 Å². The molecule has 4 rings (SSSR count). The molecule has 100 valence electrons. The molecule has 0 saturated carbocycles. The Bertz CT molecular complexity index is 880. The molecule has 0 fully saturated rings. The van der Waals surface area contributed by atoms with Gasteiger partial charge in [0, 0.05) is 10.9 Å². The Hall–Kier alpha value is -2.45. The molecule has 0 saturated heterocycles. The van der Waals surface area contributed by atoms with Crippen molar-refractivity contribution < 1.29 is 0 Å². The van der Waals surface area contributed by atoms with Crippen LogP contribution in [0.5, 0.6) is 0 Å². The Morgan fingerprint density at radius 3 is 2.38 bits per heavy atom. The highest BCUT2D eigenvalue weighted by Gasteiger charge is 2.09. The van der Waals surface area contributed by atoms with Gasteiger partial charge in [-0.15, -0.1) is 11.3 Å². The van der Waals surface area contributed by atoms with Crippen LogP contribution in [-0.2, 0) is 0 Å². The molecule has 0 spiro atoms. The molecule has 0 aliphatic heterocycles. The fraction of sp³-hybridized carbons (Fsp3) is 0. The zero-order valence-corrected chi connectivity index (χ0v) is 12.2. The first-order valence-corrected chi connectivity index (χ1v) is 7.79. The average molecular weight is 287 g/mol. The van der Waals surface area contributed by atoms with E-state index in [9.17, 15) is 0 Å². The number of nitrogens with zero attached hydrogens (tertiary/aromatic N) is 1. The predicted molar refractivity (Wildman–Crippen MR) is 90.5 cm³/mol. The maximum absolute atomic E-state index is 4.92. The number of hydrogen-bond acceptors (Lipinski definition) is 2. The molecule has 0 aliphatic rings. The summed E-state index contributed by atoms with van der Waals surface area (Å²) in [7, 11) is 0. The quantitative estimate of drug-likeness (QED) is 0.465. The SMILES string of the molecule is c1ccc(-c2nc(-c3cccs3)cc3ccccc23)cc1. The summed E-state index contributed by atoms with van der Waals surface area (Å²) in [5.41, 5.74) is 3.26. The molecule has 0 atom stereocenters. The zero-order chi connectivity index (χ0) is 14.1. The summed E-state index contributed by atoms with van der Waals surface area (Å²) in [6.07, 6.45) is 0. The number of hydrogen-bond donors (Lipinski definition) is 0. The lowest BCUT2D eigenvalue weighted by atomic mass is 10.0. The summed E-state index contributed by atoms with van der Waals surface area (Å²) >= 11 is 1.73. The number of fused-ring (bicyclic) bond motifs is 1. The first kappa shape index (κ1) is 12.3. The molecule has 0 aliphatic carbocycles. The highest BCUT2D eigenvalue weighted by molar-refractivity contribution is 7.13. The van der Waals surface area contributed by atoms with Crippen molar-refractivity contribution in [2.45, 2.75) is 0 Å². The van der Waals surface area contributed by atoms with Gasteiger partial charge in [0.1, 0.15) is 0 Å². The summed E-state index contributed by atoms with van der Waals surface area (Å²) in [5, 5.41) is 4.52. The number of thiophene rings is 1. The van der Waals surface area contributed by atoms with Crippen molar-refractivity contribution in [1.82, 2.24) is 4.98 Å². The molecule has 2 aromatic carbocycles. The van der Waals surface area contributed by atoms with Crippen LogP contribution in [0, 0.1) is 0 Å². The molecule has 2 heterocycles. The third-order valence-electron chi connectivity index (χ3n) is 3.56. The van der Waals surface area contributed by atoms with Gasteiger partial charge in [0.25, 0.3) is 0 Å². The van der Waals surface area contributed by atoms with E-state index in [0.717, 1.165) is 17.0 Å². The highest BCUT2D eigenvalue weighted by Crippen LogP contribution is 2.32. The number of benzene rings is 2. The molecule has 0 bridgehead atoms. The maximum Gasteiger partial charge on any atom is 0.0815 e. The normalized spacial score (nSPS) is 10.9. The molecule has 0 unspecified atom stereocenters. The van der Waals surface area contributed by atoms with Gasteiger partial charge in [-0.05, 0) is 22.9 Å². The lowest BCUT2D eigenvalue weighted by Crippen LogP contribution is -1.89. The molecule has 0 N–H and O–H groups in total. The summed E-state index contributed by atoms with van der Waals surface area (Å²) in [5.74, 6) is 0. The largest absolute Gasteiger partial charge is 0.246 e. The van der Waals surface area contributed by atoms with Gasteiger partial charge in [0.15, 0.2) is 0 Å². The molecule has 1 nitrogen and oxygen atoms in total. The Labute approximate surface area is 127 Å². The second kappa shape index (κ2) is 5.15. The van der Waals surface area contributed by atoms with Crippen LogP contribution in [0.25, 0.3) is 32.6 Å². The van der Waals surface area contributed by atoms with Crippen LogP contribution < -0.4 is 0 Å². The Kier molecular flexibility index (Phi) is 3.02. The van der Waals surface area contributed by atoms with Gasteiger partial charge >= 0.3 is 0 Å². The van der Waals surface area contributed by atoms with Gasteiger partial charge in [-0.1, -0.05) is 60.7 Å². The molecule has 0 radical (unpaired) electrons. The van der Waals surface area contributed by atoms with Crippen molar-refractivity contribution >= 4 is 22.1 Å². The van der Waals surface area contributed by atoms with Gasteiger partial charge in [-0.2, -0.15) is 0 Å². The average Bonchev–Trinajstić information content (AvgIpc) is 3.09. The minimum Gasteiger partial charge on any atom is -0.246 e. The van der Waals surface area contributed by atoms with Crippen LogP contribution in [0.4, 0.5) is 0 Å². The van der Waals surface area contributed by atoms with Crippen molar-refractivity contribution in [2.75, 3.05) is 0 Å². The Morgan fingerprint density at radius 1 is 0.762 bits per heavy atom. The fourth-order valence-corrected chi connectivity index (χ4v) is 3.25. The van der Waals surface area contributed by atoms with E-state index in [4.69, 9.17) is 4.98 Å². The van der Waals surface area contributed by atoms with E-state index in [1.54, 1.807) is 11.3 Å². The first-order valence-electron chi connectivity index (χ1n) is 6.91. The number of pyridine rings is 1. The summed E-state index contributed by atoms with van der Waals surface area (Å²) in [6, 6.07) is 25.2. The van der Waals surface area contributed by atoms with Crippen LogP contribution in [0.3, 0.4) is 0 Å². The van der Waals surface area contributed by atoms with Gasteiger partial charge in [0.2, 0.25) is 0 Å². The second-order valence-corrected chi connectivity index (χ2v) is 5.87. The lowest BCUT2D eigenvalue weighted by molar-refractivity contribution is 1.37. The third-order valence-corrected chi connectivity index (χ3v) is 4.45. The molecular formula is C19H13NS. The topological polar surface area (TPSA) is 12.9 Å². The second-order valence-electron chi connectivity index (χ2n) is 4.92. The highest BCUT2D eigenvalue weighted by atomic mass is 32.1. The fourth-order valence-electron chi connectivity index (χ4n) is 2.57. The Balaban J connectivity index is 2.04. The molecular weight excluding hydrogens is 274 g/mol. The van der Waals surface area contributed by atoms with Crippen LogP contribution in [0.1, 0.15) is 0 Å². The van der Waals surface area contributed by atoms with E-state index in [0.29, 0.717) is 0 Å². The third kappa shape index (κ3) is 2.24. The summed E-state index contributed by atoms with van der Waals surface area (Å²) < 4.78 is 0. The van der Waals surface area contributed by atoms with E-state index in [-0.39, 0.29) is 0 Å². The van der Waals surface area contributed by atoms with Crippen molar-refractivity contribution in [3.63, 3.8) is 0 Å². The minimum atomic E-state index is 1.04. The maximum atomic E-state index is 4.92. The predicted octanol–water partition coefficient (Wildman–Crippen LogP) is 5.63. The van der Waals surface area contributed by atoms with E-state index < -0.39 is 0 Å².